The molecule has 101 heavy (non-hydrogen) atoms. The first kappa shape index (κ1) is 96.4. The third-order valence-electron chi connectivity index (χ3n) is 18.4. The van der Waals surface area contributed by atoms with Gasteiger partial charge in [0.25, 0.3) is 6.29 Å². The van der Waals surface area contributed by atoms with Gasteiger partial charge in [-0.2, -0.15) is 0 Å². The topological polar surface area (TPSA) is 108 Å². The molecule has 1 N–H and O–H groups in total. The Morgan fingerprint density at radius 3 is 0.792 bits per heavy atom. The van der Waals surface area contributed by atoms with Gasteiger partial charge in [0, 0.05) is 12.8 Å². The first-order chi connectivity index (χ1) is 49.6. The Balaban J connectivity index is 3.97. The molecule has 0 fully saturated rings. The van der Waals surface area contributed by atoms with E-state index < -0.39 is 18.4 Å². The minimum absolute atomic E-state index is 0.181. The molecule has 0 rings (SSSR count). The highest BCUT2D eigenvalue weighted by molar-refractivity contribution is 5.71. The van der Waals surface area contributed by atoms with Crippen molar-refractivity contribution in [3.8, 4) is 0 Å². The summed E-state index contributed by atoms with van der Waals surface area (Å²) in [5.41, 5.74) is 0. The van der Waals surface area contributed by atoms with E-state index in [1.165, 1.54) is 238 Å². The van der Waals surface area contributed by atoms with Gasteiger partial charge in [-0.05, 0) is 109 Å². The van der Waals surface area contributed by atoms with Crippen molar-refractivity contribution in [2.24, 2.45) is 0 Å². The average molecular weight is 1410 g/mol. The number of hydrogen-bond acceptors (Lipinski definition) is 7. The minimum Gasteiger partial charge on any atom is -0.477 e. The van der Waals surface area contributed by atoms with E-state index in [0.29, 0.717) is 17.4 Å². The molecule has 0 aliphatic heterocycles. The van der Waals surface area contributed by atoms with Crippen molar-refractivity contribution in [1.29, 1.82) is 0 Å². The molecule has 2 atom stereocenters. The fourth-order valence-electron chi connectivity index (χ4n) is 12.1. The molecule has 0 saturated carbocycles. The molecule has 0 aromatic rings. The summed E-state index contributed by atoms with van der Waals surface area (Å²) in [7, 11) is 5.99. The number of carboxylic acid groups (broad SMARTS) is 1. The largest absolute Gasteiger partial charge is 0.477 e. The summed E-state index contributed by atoms with van der Waals surface area (Å²) in [4.78, 5) is 37.8. The van der Waals surface area contributed by atoms with Crippen LogP contribution in [0.4, 0.5) is 0 Å². The first-order valence-electron chi connectivity index (χ1n) is 42.3. The van der Waals surface area contributed by atoms with Gasteiger partial charge in [0.05, 0.1) is 34.4 Å². The predicted octanol–water partition coefficient (Wildman–Crippen LogP) is 27.6. The summed E-state index contributed by atoms with van der Waals surface area (Å²) in [6.45, 7) is 4.69. The Hall–Kier alpha value is -4.57. The number of carbonyl (C=O) groups is 3. The first-order valence-corrected chi connectivity index (χ1v) is 42.3. The maximum atomic E-state index is 13.0. The number of hydrogen-bond donors (Lipinski definition) is 1. The summed E-state index contributed by atoms with van der Waals surface area (Å²) < 4.78 is 23.1. The molecule has 0 bridgehead atoms. The zero-order chi connectivity index (χ0) is 73.2. The molecule has 0 aliphatic rings. The Bertz CT molecular complexity index is 2130. The van der Waals surface area contributed by atoms with Crippen LogP contribution in [0.25, 0.3) is 0 Å². The number of ether oxygens (including phenoxy) is 4. The third-order valence-corrected chi connectivity index (χ3v) is 18.4. The van der Waals surface area contributed by atoms with E-state index in [-0.39, 0.29) is 38.2 Å². The van der Waals surface area contributed by atoms with E-state index in [1.54, 1.807) is 0 Å². The Morgan fingerprint density at radius 1 is 0.297 bits per heavy atom. The monoisotopic (exact) mass is 1410 g/mol. The highest BCUT2D eigenvalue weighted by atomic mass is 16.7. The molecular weight excluding hydrogens is 1250 g/mol. The SMILES string of the molecule is CC/C=C\C/C=C\C/C=C\C/C=C\C/C=C\C/C=C\CCCCCCCCCCCCCCCCCCCCCCC(=O)OC(COC(=O)CCCCCCCCCCCCCCCCCCCCCCC/C=C\C/C=C\C/C=C\C/C=C\C/C=C\CC)COC(OCC[N+](C)(C)C)C(=O)O. The van der Waals surface area contributed by atoms with Crippen LogP contribution < -0.4 is 0 Å². The van der Waals surface area contributed by atoms with Gasteiger partial charge in [-0.3, -0.25) is 9.59 Å². The lowest BCUT2D eigenvalue weighted by molar-refractivity contribution is -0.870. The fraction of sp³-hybridized carbons (Fsp3) is 0.728. The van der Waals surface area contributed by atoms with Crippen LogP contribution in [0.1, 0.15) is 373 Å². The number of nitrogens with zero attached hydrogens (tertiary/aromatic N) is 1. The van der Waals surface area contributed by atoms with Crippen molar-refractivity contribution < 1.29 is 42.9 Å². The smallest absolute Gasteiger partial charge is 0.361 e. The Morgan fingerprint density at radius 2 is 0.535 bits per heavy atom. The Labute approximate surface area is 624 Å². The maximum absolute atomic E-state index is 13.0. The number of allylic oxidation sites excluding steroid dienone is 22. The zero-order valence-corrected chi connectivity index (χ0v) is 66.5. The van der Waals surface area contributed by atoms with Crippen molar-refractivity contribution in [3.63, 3.8) is 0 Å². The van der Waals surface area contributed by atoms with Gasteiger partial charge in [0.1, 0.15) is 13.2 Å². The van der Waals surface area contributed by atoms with Crippen molar-refractivity contribution >= 4 is 17.9 Å². The van der Waals surface area contributed by atoms with E-state index in [4.69, 9.17) is 18.9 Å². The van der Waals surface area contributed by atoms with Crippen LogP contribution in [0, 0.1) is 0 Å². The summed E-state index contributed by atoms with van der Waals surface area (Å²) in [5.74, 6) is -1.98. The lowest BCUT2D eigenvalue weighted by Gasteiger charge is -2.25. The number of esters is 2. The number of quaternary nitrogens is 1. The van der Waals surface area contributed by atoms with Crippen LogP contribution in [0.2, 0.25) is 0 Å². The number of rotatable bonds is 78. The second-order valence-electron chi connectivity index (χ2n) is 29.4. The van der Waals surface area contributed by atoms with Crippen LogP contribution in [0.5, 0.6) is 0 Å². The van der Waals surface area contributed by atoms with Crippen molar-refractivity contribution in [3.05, 3.63) is 134 Å². The van der Waals surface area contributed by atoms with Crippen LogP contribution in [-0.4, -0.2) is 87.4 Å². The zero-order valence-electron chi connectivity index (χ0n) is 66.5. The molecular formula is C92H160NO8+. The predicted molar refractivity (Wildman–Crippen MR) is 438 cm³/mol. The van der Waals surface area contributed by atoms with Crippen molar-refractivity contribution in [2.45, 2.75) is 386 Å². The maximum Gasteiger partial charge on any atom is 0.361 e. The molecule has 0 heterocycles. The number of likely N-dealkylation sites (N-methyl/N-ethyl adjacent to an activating group) is 1. The summed E-state index contributed by atoms with van der Waals surface area (Å²) >= 11 is 0. The highest BCUT2D eigenvalue weighted by Gasteiger charge is 2.25. The summed E-state index contributed by atoms with van der Waals surface area (Å²) in [5, 5.41) is 9.79. The van der Waals surface area contributed by atoms with E-state index in [1.807, 2.05) is 21.1 Å². The molecule has 0 aromatic heterocycles. The van der Waals surface area contributed by atoms with Gasteiger partial charge < -0.3 is 28.5 Å². The molecule has 0 saturated heterocycles. The van der Waals surface area contributed by atoms with Gasteiger partial charge in [0.15, 0.2) is 6.10 Å². The molecule has 580 valence electrons. The van der Waals surface area contributed by atoms with E-state index in [9.17, 15) is 19.5 Å². The normalized spacial score (nSPS) is 13.3. The van der Waals surface area contributed by atoms with Gasteiger partial charge in [-0.1, -0.05) is 385 Å². The third kappa shape index (κ3) is 82.6. The highest BCUT2D eigenvalue weighted by Crippen LogP contribution is 2.19. The molecule has 0 radical (unpaired) electrons. The van der Waals surface area contributed by atoms with E-state index in [0.717, 1.165) is 109 Å². The molecule has 0 amide bonds. The van der Waals surface area contributed by atoms with Crippen molar-refractivity contribution in [2.75, 3.05) is 47.5 Å². The molecule has 2 unspecified atom stereocenters. The number of aliphatic carboxylic acids is 1. The van der Waals surface area contributed by atoms with E-state index in [2.05, 4.69) is 148 Å². The van der Waals surface area contributed by atoms with Gasteiger partial charge in [0.2, 0.25) is 0 Å². The molecule has 9 heteroatoms. The number of carboxylic acids is 1. The summed E-state index contributed by atoms with van der Waals surface area (Å²) in [6.07, 6.45) is 115. The van der Waals surface area contributed by atoms with Crippen LogP contribution in [0.15, 0.2) is 134 Å². The van der Waals surface area contributed by atoms with Crippen LogP contribution in [-0.2, 0) is 33.3 Å². The second kappa shape index (κ2) is 81.1. The second-order valence-corrected chi connectivity index (χ2v) is 29.4. The number of unbranched alkanes of at least 4 members (excludes halogenated alkanes) is 41. The van der Waals surface area contributed by atoms with Gasteiger partial charge in [-0.15, -0.1) is 0 Å². The lowest BCUT2D eigenvalue weighted by atomic mass is 10.0. The standard InChI is InChI=1S/C92H159NO8/c1-6-8-10-12-14-16-18-20-22-24-26-28-30-32-34-36-38-40-42-44-45-47-49-51-53-55-57-59-61-63-65-67-69-71-73-75-77-79-81-83-90(95)101-88(87-100-92(91(96)97)98-85-84-93(3,4)5)86-99-89(94)82-80-78-76-74-72-70-68-66-64-62-60-58-56-54-52-50-48-46-43-41-39-37-35-33-31-29-27-25-23-21-19-17-15-13-11-9-7-2/h8-11,14-17,20-23,26-29,32-35,38,40,88,92H,6-7,12-13,18-19,24-25,30-31,36-37,39,41-87H2,1-5H3/p+1/b10-8-,11-9-,16-14-,17-15-,22-20-,23-21-,28-26-,29-27-,34-32-,35-33-,40-38-. The molecule has 0 aromatic carbocycles. The number of carbonyl (C=O) groups excluding carboxylic acids is 2. The molecule has 9 nitrogen and oxygen atoms in total. The Kier molecular flexibility index (Phi) is 77.4. The molecule has 0 spiro atoms. The van der Waals surface area contributed by atoms with Gasteiger partial charge >= 0.3 is 17.9 Å². The summed E-state index contributed by atoms with van der Waals surface area (Å²) in [6, 6.07) is 0. The van der Waals surface area contributed by atoms with Crippen molar-refractivity contribution in [1.82, 2.24) is 0 Å². The van der Waals surface area contributed by atoms with E-state index >= 15 is 0 Å². The van der Waals surface area contributed by atoms with Crippen LogP contribution >= 0.6 is 0 Å². The minimum atomic E-state index is -1.51. The molecule has 0 aliphatic carbocycles. The quantitative estimate of drug-likeness (QED) is 0.0211. The fourth-order valence-corrected chi connectivity index (χ4v) is 12.1. The average Bonchev–Trinajstić information content (AvgIpc) is 1.21. The van der Waals surface area contributed by atoms with Crippen LogP contribution in [0.3, 0.4) is 0 Å². The lowest BCUT2D eigenvalue weighted by Crippen LogP contribution is -2.40. The van der Waals surface area contributed by atoms with Gasteiger partial charge in [-0.25, -0.2) is 4.79 Å².